The largest absolute Gasteiger partial charge is 0.439 e. The molecule has 2 bridgehead atoms. The molecule has 0 radical (unpaired) electrons. The summed E-state index contributed by atoms with van der Waals surface area (Å²) in [5.74, 6) is -2.06. The van der Waals surface area contributed by atoms with Crippen molar-refractivity contribution in [3.63, 3.8) is 0 Å². The molecule has 1 aliphatic heterocycles. The molecule has 5 N–H and O–H groups in total. The summed E-state index contributed by atoms with van der Waals surface area (Å²) in [4.78, 5) is 53.7. The fourth-order valence-electron chi connectivity index (χ4n) is 5.18. The highest BCUT2D eigenvalue weighted by Crippen LogP contribution is 2.28. The van der Waals surface area contributed by atoms with Crippen LogP contribution in [0.5, 0.6) is 0 Å². The van der Waals surface area contributed by atoms with Gasteiger partial charge in [-0.3, -0.25) is 14.4 Å². The van der Waals surface area contributed by atoms with Gasteiger partial charge in [-0.2, -0.15) is 0 Å². The molecule has 0 aromatic rings. The molecule has 6 atom stereocenters. The molecule has 44 heavy (non-hydrogen) atoms. The van der Waals surface area contributed by atoms with Crippen LogP contribution in [-0.4, -0.2) is 99.4 Å². The third-order valence-electron chi connectivity index (χ3n) is 7.65. The number of carbonyl (C=O) groups excluding carboxylic acids is 4. The molecule has 0 saturated carbocycles. The number of carbonyl (C=O) groups is 4. The number of allylic oxidation sites excluding steroid dienone is 4. The molecule has 2 amide bonds. The Kier molecular flexibility index (Phi) is 14.2. The molecule has 1 aliphatic carbocycles. The van der Waals surface area contributed by atoms with E-state index in [2.05, 4.69) is 10.6 Å². The topological polar surface area (TPSA) is 170 Å². The lowest BCUT2D eigenvalue weighted by Crippen LogP contribution is -2.38. The maximum absolute atomic E-state index is 13.7. The Labute approximate surface area is 260 Å². The number of methoxy groups -OCH3 is 2. The number of nitrogens with two attached hydrogens (primary N) is 1. The lowest BCUT2D eigenvalue weighted by Gasteiger charge is -2.30. The number of Topliss-reactive ketones (excluding diaryl/α,β-unsaturated/α-hetero) is 1. The summed E-state index contributed by atoms with van der Waals surface area (Å²) in [5, 5.41) is 17.0. The van der Waals surface area contributed by atoms with Crippen LogP contribution < -0.4 is 16.4 Å². The molecule has 12 heteroatoms. The zero-order valence-electron chi connectivity index (χ0n) is 27.0. The quantitative estimate of drug-likeness (QED) is 0.245. The Morgan fingerprint density at radius 3 is 2.43 bits per heavy atom. The average Bonchev–Trinajstić information content (AvgIpc) is 2.95. The number of hydrogen-bond donors (Lipinski definition) is 4. The minimum atomic E-state index is -0.997. The van der Waals surface area contributed by atoms with Crippen LogP contribution in [-0.2, 0) is 28.6 Å². The fraction of sp³-hybridized carbons (Fsp3) is 0.562. The molecule has 0 aromatic carbocycles. The number of fused-ring (bicyclic) bond motifs is 2. The van der Waals surface area contributed by atoms with Crippen molar-refractivity contribution in [1.29, 1.82) is 0 Å². The number of aliphatic hydroxyl groups excluding tert-OH is 1. The van der Waals surface area contributed by atoms with Crippen molar-refractivity contribution < 1.29 is 38.5 Å². The highest BCUT2D eigenvalue weighted by Gasteiger charge is 2.33. The summed E-state index contributed by atoms with van der Waals surface area (Å²) in [5.41, 5.74) is 6.55. The van der Waals surface area contributed by atoms with E-state index in [-0.39, 0.29) is 34.9 Å². The van der Waals surface area contributed by atoms with Gasteiger partial charge in [0.25, 0.3) is 5.91 Å². The minimum Gasteiger partial charge on any atom is -0.439 e. The van der Waals surface area contributed by atoms with Crippen LogP contribution in [0.15, 0.2) is 58.5 Å². The highest BCUT2D eigenvalue weighted by molar-refractivity contribution is 6.23. The zero-order chi connectivity index (χ0) is 33.1. The van der Waals surface area contributed by atoms with Crippen molar-refractivity contribution in [3.05, 3.63) is 58.5 Å². The molecular weight excluding hydrogens is 568 g/mol. The minimum absolute atomic E-state index is 0.114. The Morgan fingerprint density at radius 1 is 1.16 bits per heavy atom. The van der Waals surface area contributed by atoms with Gasteiger partial charge in [0.1, 0.15) is 6.10 Å². The smallest absolute Gasteiger partial charge is 0.405 e. The van der Waals surface area contributed by atoms with Crippen molar-refractivity contribution in [3.8, 4) is 0 Å². The summed E-state index contributed by atoms with van der Waals surface area (Å²) in [7, 11) is 6.74. The van der Waals surface area contributed by atoms with Crippen LogP contribution in [0.2, 0.25) is 0 Å². The lowest BCUT2D eigenvalue weighted by atomic mass is 9.85. The molecule has 0 saturated heterocycles. The molecule has 12 nitrogen and oxygen atoms in total. The monoisotopic (exact) mass is 616 g/mol. The van der Waals surface area contributed by atoms with Gasteiger partial charge >= 0.3 is 6.09 Å². The first-order valence-electron chi connectivity index (χ1n) is 14.7. The Morgan fingerprint density at radius 2 is 1.84 bits per heavy atom. The van der Waals surface area contributed by atoms with Gasteiger partial charge in [-0.1, -0.05) is 38.2 Å². The first kappa shape index (κ1) is 36.6. The number of aliphatic hydroxyl groups is 1. The van der Waals surface area contributed by atoms with Gasteiger partial charge in [0, 0.05) is 50.4 Å². The summed E-state index contributed by atoms with van der Waals surface area (Å²) >= 11 is 0. The first-order valence-corrected chi connectivity index (χ1v) is 14.7. The van der Waals surface area contributed by atoms with E-state index >= 15 is 0 Å². The van der Waals surface area contributed by atoms with E-state index in [1.54, 1.807) is 32.1 Å². The normalized spacial score (nSPS) is 30.2. The second-order valence-electron chi connectivity index (χ2n) is 11.7. The average molecular weight is 617 g/mol. The number of amides is 2. The summed E-state index contributed by atoms with van der Waals surface area (Å²) in [6.07, 6.45) is 3.88. The first-order chi connectivity index (χ1) is 20.7. The number of nitrogens with zero attached hydrogens (tertiary/aromatic N) is 1. The number of primary amides is 1. The van der Waals surface area contributed by atoms with Crippen molar-refractivity contribution in [2.24, 2.45) is 17.6 Å². The predicted molar refractivity (Wildman–Crippen MR) is 166 cm³/mol. The molecule has 0 fully saturated rings. The van der Waals surface area contributed by atoms with E-state index in [9.17, 15) is 24.3 Å². The summed E-state index contributed by atoms with van der Waals surface area (Å²) in [6.45, 7) is 8.09. The third-order valence-corrected chi connectivity index (χ3v) is 7.65. The third kappa shape index (κ3) is 10.3. The van der Waals surface area contributed by atoms with Crippen LogP contribution in [0.4, 0.5) is 4.79 Å². The number of nitrogens with one attached hydrogen (secondary N) is 2. The SMILES string of the molecule is CO[C@H]1C=C/C=C(\C)C(=O)NC2=CC(=O)C(NCCN(C)C)=C(C[C@@H](C)C[C@H](OC)[C@H](O)[C@@H](C)/C=C(/C)C1OC(N)=O)C2=O. The number of ether oxygens (including phenoxy) is 3. The Bertz CT molecular complexity index is 1230. The van der Waals surface area contributed by atoms with Gasteiger partial charge < -0.3 is 40.6 Å². The van der Waals surface area contributed by atoms with Gasteiger partial charge in [0.05, 0.1) is 23.6 Å². The molecule has 2 aliphatic rings. The van der Waals surface area contributed by atoms with E-state index in [1.165, 1.54) is 20.3 Å². The molecular formula is C32H48N4O8. The fourth-order valence-corrected chi connectivity index (χ4v) is 5.18. The highest BCUT2D eigenvalue weighted by atomic mass is 16.6. The Hall–Kier alpha value is -3.58. The van der Waals surface area contributed by atoms with Crippen LogP contribution in [0.1, 0.15) is 40.5 Å². The van der Waals surface area contributed by atoms with Crippen LogP contribution in [0.3, 0.4) is 0 Å². The lowest BCUT2D eigenvalue weighted by molar-refractivity contribution is -0.120. The molecule has 2 rings (SSSR count). The molecule has 0 spiro atoms. The molecule has 1 heterocycles. The van der Waals surface area contributed by atoms with Gasteiger partial charge in [0.15, 0.2) is 6.10 Å². The summed E-state index contributed by atoms with van der Waals surface area (Å²) < 4.78 is 16.6. The molecule has 0 aromatic heterocycles. The number of ketones is 2. The summed E-state index contributed by atoms with van der Waals surface area (Å²) in [6, 6.07) is 0. The van der Waals surface area contributed by atoms with Gasteiger partial charge in [-0.05, 0) is 52.3 Å². The van der Waals surface area contributed by atoms with Gasteiger partial charge in [-0.25, -0.2) is 4.79 Å². The van der Waals surface area contributed by atoms with Crippen molar-refractivity contribution in [1.82, 2.24) is 15.5 Å². The van der Waals surface area contributed by atoms with Crippen molar-refractivity contribution in [2.75, 3.05) is 41.4 Å². The number of rotatable bonds is 7. The number of likely N-dealkylation sites (N-methyl/N-ethyl adjacent to an activating group) is 1. The Balaban J connectivity index is 2.60. The van der Waals surface area contributed by atoms with Gasteiger partial charge in [0.2, 0.25) is 11.6 Å². The second kappa shape index (κ2) is 17.0. The van der Waals surface area contributed by atoms with Gasteiger partial charge in [-0.15, -0.1) is 0 Å². The van der Waals surface area contributed by atoms with Crippen molar-refractivity contribution in [2.45, 2.75) is 65.0 Å². The maximum Gasteiger partial charge on any atom is 0.405 e. The van der Waals surface area contributed by atoms with E-state index in [0.717, 1.165) is 6.08 Å². The van der Waals surface area contributed by atoms with E-state index in [0.29, 0.717) is 25.1 Å². The van der Waals surface area contributed by atoms with E-state index in [1.807, 2.05) is 32.8 Å². The van der Waals surface area contributed by atoms with Crippen LogP contribution in [0, 0.1) is 11.8 Å². The van der Waals surface area contributed by atoms with E-state index < -0.39 is 53.9 Å². The molecule has 244 valence electrons. The maximum atomic E-state index is 13.7. The van der Waals surface area contributed by atoms with Crippen LogP contribution >= 0.6 is 0 Å². The molecule has 1 unspecified atom stereocenters. The van der Waals surface area contributed by atoms with E-state index in [4.69, 9.17) is 19.9 Å². The van der Waals surface area contributed by atoms with Crippen LogP contribution in [0.25, 0.3) is 0 Å². The van der Waals surface area contributed by atoms with Crippen molar-refractivity contribution >= 4 is 23.6 Å². The predicted octanol–water partition coefficient (Wildman–Crippen LogP) is 1.91. The standard InChI is InChI=1S/C32H48N4O8/c1-18-14-22-27(34-12-13-36(5)6)24(37)17-23(29(22)39)35-31(40)19(2)10-9-11-25(42-7)30(44-32(33)41)21(4)16-20(3)28(38)26(15-18)43-8/h9-11,16-18,20,25-26,28,30,34,38H,12-15H2,1-8H3,(H2,33,41)(H,35,40)/b11-9?,19-10+,21-16-/t18-,20+,25+,26+,28-,30?/m1/s1. The number of hydrogen-bond acceptors (Lipinski definition) is 10. The second-order valence-corrected chi connectivity index (χ2v) is 11.7. The zero-order valence-corrected chi connectivity index (χ0v) is 27.0.